The molecular weight excluding hydrogens is 259 g/mol. The van der Waals surface area contributed by atoms with E-state index in [2.05, 4.69) is 20.6 Å². The van der Waals surface area contributed by atoms with Crippen molar-refractivity contribution in [1.29, 1.82) is 0 Å². The Morgan fingerprint density at radius 3 is 2.29 bits per heavy atom. The van der Waals surface area contributed by atoms with Gasteiger partial charge in [0.1, 0.15) is 5.82 Å². The summed E-state index contributed by atoms with van der Waals surface area (Å²) in [5.74, 6) is 1.30. The molecule has 0 fully saturated rings. The first-order valence-electron chi connectivity index (χ1n) is 4.90. The highest BCUT2D eigenvalue weighted by molar-refractivity contribution is 6.35. The lowest BCUT2D eigenvalue weighted by Crippen LogP contribution is -1.98. The quantitative estimate of drug-likeness (QED) is 0.894. The Hall–Kier alpha value is -1.52. The molecule has 2 N–H and O–H groups in total. The molecule has 0 radical (unpaired) electrons. The van der Waals surface area contributed by atoms with E-state index in [1.807, 2.05) is 0 Å². The Morgan fingerprint density at radius 1 is 1.00 bits per heavy atom. The van der Waals surface area contributed by atoms with Gasteiger partial charge in [-0.3, -0.25) is 4.98 Å². The van der Waals surface area contributed by atoms with Crippen LogP contribution in [0.25, 0.3) is 0 Å². The maximum absolute atomic E-state index is 5.90. The van der Waals surface area contributed by atoms with Gasteiger partial charge in [0.05, 0.1) is 12.4 Å². The molecule has 2 rings (SSSR count). The van der Waals surface area contributed by atoms with Gasteiger partial charge < -0.3 is 10.6 Å². The van der Waals surface area contributed by atoms with Gasteiger partial charge in [0.25, 0.3) is 0 Å². The molecular formula is C11H10Cl2N4. The number of nitrogens with zero attached hydrogens (tertiary/aromatic N) is 2. The molecule has 17 heavy (non-hydrogen) atoms. The molecule has 6 heteroatoms. The van der Waals surface area contributed by atoms with Gasteiger partial charge in [-0.1, -0.05) is 23.2 Å². The Balaban J connectivity index is 2.24. The first-order valence-corrected chi connectivity index (χ1v) is 5.66. The first kappa shape index (κ1) is 12.0. The van der Waals surface area contributed by atoms with Crippen LogP contribution in [0.2, 0.25) is 10.0 Å². The van der Waals surface area contributed by atoms with Gasteiger partial charge in [-0.25, -0.2) is 4.98 Å². The minimum absolute atomic E-state index is 0.567. The van der Waals surface area contributed by atoms with Crippen molar-refractivity contribution in [2.75, 3.05) is 17.7 Å². The zero-order valence-electron chi connectivity index (χ0n) is 9.04. The van der Waals surface area contributed by atoms with E-state index in [9.17, 15) is 0 Å². The van der Waals surface area contributed by atoms with Gasteiger partial charge in [-0.05, 0) is 18.2 Å². The lowest BCUT2D eigenvalue weighted by atomic mass is 10.3. The maximum atomic E-state index is 5.90. The van der Waals surface area contributed by atoms with Gasteiger partial charge >= 0.3 is 0 Å². The Kier molecular flexibility index (Phi) is 3.66. The zero-order chi connectivity index (χ0) is 12.3. The van der Waals surface area contributed by atoms with Gasteiger partial charge in [-0.15, -0.1) is 0 Å². The fraction of sp³-hybridized carbons (Fsp3) is 0.0909. The summed E-state index contributed by atoms with van der Waals surface area (Å²) in [4.78, 5) is 8.32. The fourth-order valence-corrected chi connectivity index (χ4v) is 1.85. The first-order chi connectivity index (χ1) is 8.17. The predicted octanol–water partition coefficient (Wildman–Crippen LogP) is 3.57. The Morgan fingerprint density at radius 2 is 1.65 bits per heavy atom. The largest absolute Gasteiger partial charge is 0.372 e. The molecule has 0 bridgehead atoms. The minimum Gasteiger partial charge on any atom is -0.372 e. The van der Waals surface area contributed by atoms with Gasteiger partial charge in [0.15, 0.2) is 5.82 Å². The molecule has 0 saturated carbocycles. The molecule has 0 aliphatic carbocycles. The smallest absolute Gasteiger partial charge is 0.151 e. The summed E-state index contributed by atoms with van der Waals surface area (Å²) in [6, 6.07) is 5.20. The lowest BCUT2D eigenvalue weighted by Gasteiger charge is -2.07. The highest BCUT2D eigenvalue weighted by Gasteiger charge is 2.01. The molecule has 88 valence electrons. The van der Waals surface area contributed by atoms with Crippen molar-refractivity contribution < 1.29 is 0 Å². The van der Waals surface area contributed by atoms with E-state index < -0.39 is 0 Å². The standard InChI is InChI=1S/C11H10Cl2N4/c1-14-10-5-15-6-11(17-10)16-9-3-7(12)2-8(13)4-9/h2-6H,1H3,(H2,14,16,17). The van der Waals surface area contributed by atoms with Crippen LogP contribution in [0.1, 0.15) is 0 Å². The molecule has 1 heterocycles. The zero-order valence-corrected chi connectivity index (χ0v) is 10.5. The van der Waals surface area contributed by atoms with Crippen molar-refractivity contribution >= 4 is 40.5 Å². The van der Waals surface area contributed by atoms with Crippen molar-refractivity contribution in [1.82, 2.24) is 9.97 Å². The number of hydrogen-bond donors (Lipinski definition) is 2. The number of nitrogens with one attached hydrogen (secondary N) is 2. The van der Waals surface area contributed by atoms with Crippen molar-refractivity contribution in [2.24, 2.45) is 0 Å². The van der Waals surface area contributed by atoms with Crippen LogP contribution < -0.4 is 10.6 Å². The molecule has 0 spiro atoms. The third-order valence-electron chi connectivity index (χ3n) is 2.03. The van der Waals surface area contributed by atoms with E-state index in [4.69, 9.17) is 23.2 Å². The third-order valence-corrected chi connectivity index (χ3v) is 2.46. The van der Waals surface area contributed by atoms with Gasteiger partial charge in [0.2, 0.25) is 0 Å². The highest BCUT2D eigenvalue weighted by atomic mass is 35.5. The predicted molar refractivity (Wildman–Crippen MR) is 71.3 cm³/mol. The van der Waals surface area contributed by atoms with E-state index in [0.29, 0.717) is 21.7 Å². The molecule has 0 saturated heterocycles. The van der Waals surface area contributed by atoms with Crippen molar-refractivity contribution in [3.8, 4) is 0 Å². The number of benzene rings is 1. The summed E-state index contributed by atoms with van der Waals surface area (Å²) in [6.07, 6.45) is 3.26. The Bertz CT molecular complexity index is 510. The third kappa shape index (κ3) is 3.22. The second kappa shape index (κ2) is 5.21. The van der Waals surface area contributed by atoms with Crippen LogP contribution in [0.5, 0.6) is 0 Å². The number of aromatic nitrogens is 2. The van der Waals surface area contributed by atoms with E-state index in [-0.39, 0.29) is 0 Å². The minimum atomic E-state index is 0.567. The Labute approximate surface area is 109 Å². The molecule has 4 nitrogen and oxygen atoms in total. The SMILES string of the molecule is CNc1cncc(Nc2cc(Cl)cc(Cl)c2)n1. The average molecular weight is 269 g/mol. The van der Waals surface area contributed by atoms with Crippen molar-refractivity contribution in [3.63, 3.8) is 0 Å². The van der Waals surface area contributed by atoms with Crippen LogP contribution in [0, 0.1) is 0 Å². The van der Waals surface area contributed by atoms with Crippen molar-refractivity contribution in [2.45, 2.75) is 0 Å². The van der Waals surface area contributed by atoms with Gasteiger partial charge in [0, 0.05) is 22.8 Å². The molecule has 0 amide bonds. The normalized spacial score (nSPS) is 10.1. The molecule has 1 aromatic heterocycles. The molecule has 2 aromatic rings. The number of anilines is 3. The van der Waals surface area contributed by atoms with Crippen LogP contribution in [-0.4, -0.2) is 17.0 Å². The van der Waals surface area contributed by atoms with Crippen LogP contribution in [0.3, 0.4) is 0 Å². The lowest BCUT2D eigenvalue weighted by molar-refractivity contribution is 1.18. The maximum Gasteiger partial charge on any atom is 0.151 e. The van der Waals surface area contributed by atoms with E-state index in [1.54, 1.807) is 37.6 Å². The molecule has 0 unspecified atom stereocenters. The van der Waals surface area contributed by atoms with E-state index in [0.717, 1.165) is 5.69 Å². The van der Waals surface area contributed by atoms with Crippen molar-refractivity contribution in [3.05, 3.63) is 40.6 Å². The summed E-state index contributed by atoms with van der Waals surface area (Å²) < 4.78 is 0. The molecule has 0 atom stereocenters. The topological polar surface area (TPSA) is 49.8 Å². The summed E-state index contributed by atoms with van der Waals surface area (Å²) in [5.41, 5.74) is 0.769. The van der Waals surface area contributed by atoms with Crippen LogP contribution >= 0.6 is 23.2 Å². The van der Waals surface area contributed by atoms with E-state index in [1.165, 1.54) is 0 Å². The fourth-order valence-electron chi connectivity index (χ4n) is 1.32. The summed E-state index contributed by atoms with van der Waals surface area (Å²) in [5, 5.41) is 7.12. The average Bonchev–Trinajstić information content (AvgIpc) is 2.28. The number of rotatable bonds is 3. The van der Waals surface area contributed by atoms with E-state index >= 15 is 0 Å². The summed E-state index contributed by atoms with van der Waals surface area (Å²) in [7, 11) is 1.78. The molecule has 0 aliphatic rings. The highest BCUT2D eigenvalue weighted by Crippen LogP contribution is 2.24. The molecule has 0 aliphatic heterocycles. The molecule has 1 aromatic carbocycles. The monoisotopic (exact) mass is 268 g/mol. The summed E-state index contributed by atoms with van der Waals surface area (Å²) >= 11 is 11.8. The number of halogens is 2. The second-order valence-electron chi connectivity index (χ2n) is 3.32. The van der Waals surface area contributed by atoms with Crippen LogP contribution in [0.4, 0.5) is 17.3 Å². The second-order valence-corrected chi connectivity index (χ2v) is 4.20. The van der Waals surface area contributed by atoms with Crippen LogP contribution in [0.15, 0.2) is 30.6 Å². The number of hydrogen-bond acceptors (Lipinski definition) is 4. The summed E-state index contributed by atoms with van der Waals surface area (Å²) in [6.45, 7) is 0. The van der Waals surface area contributed by atoms with Crippen LogP contribution in [-0.2, 0) is 0 Å². The van der Waals surface area contributed by atoms with Gasteiger partial charge in [-0.2, -0.15) is 0 Å².